The van der Waals surface area contributed by atoms with Gasteiger partial charge in [0.1, 0.15) is 0 Å². The van der Waals surface area contributed by atoms with E-state index in [1.807, 2.05) is 12.1 Å². The largest absolute Gasteiger partial charge is 0.399 e. The van der Waals surface area contributed by atoms with E-state index in [0.717, 1.165) is 12.2 Å². The predicted molar refractivity (Wildman–Crippen MR) is 65.9 cm³/mol. The molecular formula is C13H20N2. The van der Waals surface area contributed by atoms with E-state index < -0.39 is 0 Å². The molecule has 0 aromatic heterocycles. The van der Waals surface area contributed by atoms with Gasteiger partial charge in [-0.05, 0) is 48.9 Å². The van der Waals surface area contributed by atoms with Gasteiger partial charge in [0.05, 0.1) is 0 Å². The number of hydrogen-bond donors (Lipinski definition) is 2. The number of hydrogen-bond acceptors (Lipinski definition) is 2. The Morgan fingerprint density at radius 1 is 1.27 bits per heavy atom. The predicted octanol–water partition coefficient (Wildman–Crippen LogP) is 3.26. The smallest absolute Gasteiger partial charge is 0.0341 e. The molecule has 1 aliphatic rings. The van der Waals surface area contributed by atoms with E-state index in [-0.39, 0.29) is 0 Å². The maximum atomic E-state index is 5.64. The summed E-state index contributed by atoms with van der Waals surface area (Å²) < 4.78 is 0. The van der Waals surface area contributed by atoms with Crippen molar-refractivity contribution in [1.29, 1.82) is 0 Å². The van der Waals surface area contributed by atoms with Crippen molar-refractivity contribution in [2.24, 2.45) is 5.41 Å². The first-order valence-electron chi connectivity index (χ1n) is 5.83. The van der Waals surface area contributed by atoms with Gasteiger partial charge in [0.25, 0.3) is 0 Å². The molecule has 1 aromatic rings. The molecule has 2 heteroatoms. The van der Waals surface area contributed by atoms with Gasteiger partial charge in [0.2, 0.25) is 0 Å². The molecule has 2 nitrogen and oxygen atoms in total. The van der Waals surface area contributed by atoms with Crippen molar-refractivity contribution in [3.8, 4) is 0 Å². The second-order valence-electron chi connectivity index (χ2n) is 4.73. The van der Waals surface area contributed by atoms with Crippen molar-refractivity contribution in [1.82, 2.24) is 0 Å². The molecule has 2 rings (SSSR count). The van der Waals surface area contributed by atoms with Gasteiger partial charge in [-0.15, -0.1) is 0 Å². The van der Waals surface area contributed by atoms with Crippen LogP contribution in [0.25, 0.3) is 0 Å². The molecule has 3 N–H and O–H groups in total. The van der Waals surface area contributed by atoms with Gasteiger partial charge in [-0.2, -0.15) is 0 Å². The summed E-state index contributed by atoms with van der Waals surface area (Å²) in [6.07, 6.45) is 5.43. The van der Waals surface area contributed by atoms with Crippen LogP contribution in [0.2, 0.25) is 0 Å². The first kappa shape index (κ1) is 10.3. The van der Waals surface area contributed by atoms with Crippen LogP contribution in [0.3, 0.4) is 0 Å². The maximum Gasteiger partial charge on any atom is 0.0341 e. The fourth-order valence-corrected chi connectivity index (χ4v) is 2.11. The molecule has 0 atom stereocenters. The minimum absolute atomic E-state index is 0.607. The van der Waals surface area contributed by atoms with Crippen molar-refractivity contribution in [3.63, 3.8) is 0 Å². The van der Waals surface area contributed by atoms with Gasteiger partial charge in [-0.25, -0.2) is 0 Å². The lowest BCUT2D eigenvalue weighted by molar-refractivity contribution is 0.486. The van der Waals surface area contributed by atoms with Crippen molar-refractivity contribution >= 4 is 11.4 Å². The van der Waals surface area contributed by atoms with E-state index in [1.165, 1.54) is 31.4 Å². The molecule has 0 bridgehead atoms. The highest BCUT2D eigenvalue weighted by molar-refractivity contribution is 5.51. The van der Waals surface area contributed by atoms with Crippen molar-refractivity contribution in [3.05, 3.63) is 24.3 Å². The molecule has 1 aliphatic carbocycles. The lowest BCUT2D eigenvalue weighted by Gasteiger charge is -2.15. The molecule has 0 saturated heterocycles. The molecule has 15 heavy (non-hydrogen) atoms. The summed E-state index contributed by atoms with van der Waals surface area (Å²) in [4.78, 5) is 0. The van der Waals surface area contributed by atoms with Crippen LogP contribution in [0.1, 0.15) is 32.6 Å². The molecule has 1 fully saturated rings. The fourth-order valence-electron chi connectivity index (χ4n) is 2.11. The van der Waals surface area contributed by atoms with E-state index in [2.05, 4.69) is 24.4 Å². The average molecular weight is 204 g/mol. The van der Waals surface area contributed by atoms with Crippen molar-refractivity contribution in [2.75, 3.05) is 17.6 Å². The van der Waals surface area contributed by atoms with Crippen LogP contribution in [-0.2, 0) is 0 Å². The molecule has 0 spiro atoms. The third kappa shape index (κ3) is 2.65. The molecule has 1 aromatic carbocycles. The third-order valence-corrected chi connectivity index (χ3v) is 3.32. The second-order valence-corrected chi connectivity index (χ2v) is 4.73. The maximum absolute atomic E-state index is 5.64. The van der Waals surface area contributed by atoms with Crippen LogP contribution < -0.4 is 11.1 Å². The Labute approximate surface area is 91.9 Å². The number of nitrogens with two attached hydrogens (primary N) is 1. The molecule has 0 heterocycles. The highest BCUT2D eigenvalue weighted by Gasteiger charge is 2.40. The zero-order valence-corrected chi connectivity index (χ0v) is 9.42. The van der Waals surface area contributed by atoms with E-state index in [1.54, 1.807) is 0 Å². The minimum Gasteiger partial charge on any atom is -0.399 e. The van der Waals surface area contributed by atoms with Crippen LogP contribution in [0.15, 0.2) is 24.3 Å². The SMILES string of the molecule is CCCC1(CNc2ccc(N)cc2)CC1. The Bertz CT molecular complexity index is 312. The van der Waals surface area contributed by atoms with E-state index in [0.29, 0.717) is 5.41 Å². The first-order valence-corrected chi connectivity index (χ1v) is 5.83. The molecule has 0 unspecified atom stereocenters. The highest BCUT2D eigenvalue weighted by atomic mass is 14.9. The molecule has 82 valence electrons. The lowest BCUT2D eigenvalue weighted by atomic mass is 10.0. The van der Waals surface area contributed by atoms with E-state index in [4.69, 9.17) is 5.73 Å². The van der Waals surface area contributed by atoms with Gasteiger partial charge in [0, 0.05) is 17.9 Å². The quantitative estimate of drug-likeness (QED) is 0.722. The summed E-state index contributed by atoms with van der Waals surface area (Å²) in [5, 5.41) is 3.50. The molecule has 0 radical (unpaired) electrons. The summed E-state index contributed by atoms with van der Waals surface area (Å²) in [5.74, 6) is 0. The van der Waals surface area contributed by atoms with Crippen LogP contribution in [-0.4, -0.2) is 6.54 Å². The molecule has 0 amide bonds. The zero-order chi connectivity index (χ0) is 10.7. The van der Waals surface area contributed by atoms with E-state index >= 15 is 0 Å². The fraction of sp³-hybridized carbons (Fsp3) is 0.538. The van der Waals surface area contributed by atoms with Crippen LogP contribution in [0.5, 0.6) is 0 Å². The van der Waals surface area contributed by atoms with Gasteiger partial charge >= 0.3 is 0 Å². The molecular weight excluding hydrogens is 184 g/mol. The number of benzene rings is 1. The lowest BCUT2D eigenvalue weighted by Crippen LogP contribution is -2.15. The summed E-state index contributed by atoms with van der Waals surface area (Å²) >= 11 is 0. The first-order chi connectivity index (χ1) is 7.24. The Morgan fingerprint density at radius 2 is 1.93 bits per heavy atom. The molecule has 0 aliphatic heterocycles. The molecule has 1 saturated carbocycles. The summed E-state index contributed by atoms with van der Waals surface area (Å²) in [6, 6.07) is 8.00. The van der Waals surface area contributed by atoms with Crippen molar-refractivity contribution < 1.29 is 0 Å². The monoisotopic (exact) mass is 204 g/mol. The van der Waals surface area contributed by atoms with Gasteiger partial charge < -0.3 is 11.1 Å². The number of anilines is 2. The normalized spacial score (nSPS) is 17.4. The standard InChI is InChI=1S/C13H20N2/c1-2-7-13(8-9-13)10-15-12-5-3-11(14)4-6-12/h3-6,15H,2,7-10,14H2,1H3. The summed E-state index contributed by atoms with van der Waals surface area (Å²) in [7, 11) is 0. The Hall–Kier alpha value is -1.18. The number of rotatable bonds is 5. The van der Waals surface area contributed by atoms with Gasteiger partial charge in [-0.1, -0.05) is 13.3 Å². The topological polar surface area (TPSA) is 38.0 Å². The van der Waals surface area contributed by atoms with Crippen LogP contribution in [0.4, 0.5) is 11.4 Å². The highest BCUT2D eigenvalue weighted by Crippen LogP contribution is 2.49. The Kier molecular flexibility index (Phi) is 2.85. The van der Waals surface area contributed by atoms with Crippen LogP contribution >= 0.6 is 0 Å². The van der Waals surface area contributed by atoms with Gasteiger partial charge in [-0.3, -0.25) is 0 Å². The third-order valence-electron chi connectivity index (χ3n) is 3.32. The van der Waals surface area contributed by atoms with E-state index in [9.17, 15) is 0 Å². The van der Waals surface area contributed by atoms with Crippen LogP contribution in [0, 0.1) is 5.41 Å². The Morgan fingerprint density at radius 3 is 2.47 bits per heavy atom. The zero-order valence-electron chi connectivity index (χ0n) is 9.42. The van der Waals surface area contributed by atoms with Gasteiger partial charge in [0.15, 0.2) is 0 Å². The minimum atomic E-state index is 0.607. The number of nitrogens with one attached hydrogen (secondary N) is 1. The average Bonchev–Trinajstić information content (AvgIpc) is 2.99. The Balaban J connectivity index is 1.85. The number of nitrogen functional groups attached to an aromatic ring is 1. The summed E-state index contributed by atoms with van der Waals surface area (Å²) in [5.41, 5.74) is 8.26. The summed E-state index contributed by atoms with van der Waals surface area (Å²) in [6.45, 7) is 3.38. The second kappa shape index (κ2) is 4.13. The van der Waals surface area contributed by atoms with Crippen molar-refractivity contribution in [2.45, 2.75) is 32.6 Å².